The summed E-state index contributed by atoms with van der Waals surface area (Å²) in [6.07, 6.45) is 0. The zero-order valence-electron chi connectivity index (χ0n) is 33.4. The van der Waals surface area contributed by atoms with Crippen LogP contribution in [0.25, 0.3) is 138 Å². The van der Waals surface area contributed by atoms with Gasteiger partial charge in [-0.2, -0.15) is 0 Å². The summed E-state index contributed by atoms with van der Waals surface area (Å²) >= 11 is 3.78. The van der Waals surface area contributed by atoms with Gasteiger partial charge in [-0.1, -0.05) is 164 Å². The predicted molar refractivity (Wildman–Crippen MR) is 274 cm³/mol. The maximum absolute atomic E-state index is 2.43. The Labute approximate surface area is 365 Å². The topological polar surface area (TPSA) is 0 Å². The maximum atomic E-state index is 2.43. The fourth-order valence-electron chi connectivity index (χ4n) is 10.5. The Kier molecular flexibility index (Phi) is 7.24. The van der Waals surface area contributed by atoms with Crippen LogP contribution < -0.4 is 0 Å². The zero-order chi connectivity index (χ0) is 40.5. The van der Waals surface area contributed by atoms with E-state index in [0.717, 1.165) is 0 Å². The summed E-state index contributed by atoms with van der Waals surface area (Å²) in [5.41, 5.74) is 7.54. The summed E-state index contributed by atoms with van der Waals surface area (Å²) in [5.74, 6) is 0. The van der Waals surface area contributed by atoms with Crippen molar-refractivity contribution in [2.24, 2.45) is 0 Å². The first kappa shape index (κ1) is 34.4. The van der Waals surface area contributed by atoms with E-state index in [1.807, 2.05) is 22.7 Å². The van der Waals surface area contributed by atoms with Crippen LogP contribution in [0.3, 0.4) is 0 Å². The molecular formula is C60H34S2. The van der Waals surface area contributed by atoms with Gasteiger partial charge in [0.25, 0.3) is 0 Å². The van der Waals surface area contributed by atoms with Crippen LogP contribution in [0.4, 0.5) is 0 Å². The highest BCUT2D eigenvalue weighted by Gasteiger charge is 2.16. The van der Waals surface area contributed by atoms with E-state index in [1.165, 1.54) is 138 Å². The van der Waals surface area contributed by atoms with Gasteiger partial charge in [0.2, 0.25) is 0 Å². The molecule has 0 radical (unpaired) electrons. The Balaban J connectivity index is 0.871. The summed E-state index contributed by atoms with van der Waals surface area (Å²) < 4.78 is 5.30. The minimum Gasteiger partial charge on any atom is -0.135 e. The van der Waals surface area contributed by atoms with Gasteiger partial charge in [-0.25, -0.2) is 0 Å². The molecule has 0 aliphatic carbocycles. The van der Waals surface area contributed by atoms with Crippen molar-refractivity contribution in [1.29, 1.82) is 0 Å². The summed E-state index contributed by atoms with van der Waals surface area (Å²) in [6, 6.07) is 77.5. The van der Waals surface area contributed by atoms with E-state index < -0.39 is 0 Å². The van der Waals surface area contributed by atoms with Crippen LogP contribution in [0.5, 0.6) is 0 Å². The summed E-state index contributed by atoms with van der Waals surface area (Å²) in [4.78, 5) is 0. The van der Waals surface area contributed by atoms with E-state index in [2.05, 4.69) is 206 Å². The van der Waals surface area contributed by atoms with Crippen molar-refractivity contribution < 1.29 is 0 Å². The first-order valence-corrected chi connectivity index (χ1v) is 22.9. The first-order chi connectivity index (χ1) is 30.7. The maximum Gasteiger partial charge on any atom is 0.0361 e. The smallest absolute Gasteiger partial charge is 0.0361 e. The molecule has 0 atom stereocenters. The average Bonchev–Trinajstić information content (AvgIpc) is 3.91. The lowest BCUT2D eigenvalue weighted by Crippen LogP contribution is -1.87. The molecule has 2 heteroatoms. The summed E-state index contributed by atoms with van der Waals surface area (Å²) in [5, 5.41) is 20.9. The molecule has 12 aromatic carbocycles. The Morgan fingerprint density at radius 1 is 0.194 bits per heavy atom. The van der Waals surface area contributed by atoms with Crippen molar-refractivity contribution in [3.05, 3.63) is 206 Å². The molecule has 0 fully saturated rings. The molecule has 14 aromatic rings. The lowest BCUT2D eigenvalue weighted by Gasteiger charge is -2.14. The third kappa shape index (κ3) is 4.99. The molecule has 0 N–H and O–H groups in total. The molecule has 0 amide bonds. The average molecular weight is 819 g/mol. The minimum atomic E-state index is 1.24. The lowest BCUT2D eigenvalue weighted by molar-refractivity contribution is 1.70. The molecule has 0 aliphatic rings. The van der Waals surface area contributed by atoms with Gasteiger partial charge in [0.1, 0.15) is 0 Å². The molecule has 2 aromatic heterocycles. The molecule has 286 valence electrons. The quantitative estimate of drug-likeness (QED) is 0.156. The van der Waals surface area contributed by atoms with Crippen molar-refractivity contribution in [3.8, 4) is 33.4 Å². The third-order valence-electron chi connectivity index (χ3n) is 13.4. The Morgan fingerprint density at radius 3 is 1.03 bits per heavy atom. The number of rotatable bonds is 3. The molecule has 62 heavy (non-hydrogen) atoms. The standard InChI is InChI=1S/C60H34S2/c1-2-12-43-41(10-1)42-11-3-4-13-44(42)53-30-35(20-25-47(43)53)37-22-28-50-51-29-23-38(34-59(51)62-58(50)33-37)36-21-26-48-49-27-24-39(32-55(49)46-15-6-5-14-45(46)54(48)31-36)40-17-9-19-57-60(40)52-16-7-8-18-56(52)61-57/h1-34H. The normalized spacial score (nSPS) is 12.2. The number of hydrogen-bond donors (Lipinski definition) is 0. The van der Waals surface area contributed by atoms with Crippen LogP contribution in [0.1, 0.15) is 0 Å². The molecule has 0 bridgehead atoms. The van der Waals surface area contributed by atoms with Crippen LogP contribution in [0.15, 0.2) is 206 Å². The van der Waals surface area contributed by atoms with Gasteiger partial charge in [-0.3, -0.25) is 0 Å². The van der Waals surface area contributed by atoms with Gasteiger partial charge in [0.05, 0.1) is 0 Å². The zero-order valence-corrected chi connectivity index (χ0v) is 35.1. The number of hydrogen-bond acceptors (Lipinski definition) is 2. The van der Waals surface area contributed by atoms with Gasteiger partial charge in [-0.15, -0.1) is 22.7 Å². The second-order valence-electron chi connectivity index (χ2n) is 16.7. The van der Waals surface area contributed by atoms with Crippen LogP contribution in [0.2, 0.25) is 0 Å². The largest absolute Gasteiger partial charge is 0.135 e. The number of thiophene rings is 2. The van der Waals surface area contributed by atoms with Crippen molar-refractivity contribution in [1.82, 2.24) is 0 Å². The molecule has 0 aliphatic heterocycles. The monoisotopic (exact) mass is 818 g/mol. The highest BCUT2D eigenvalue weighted by atomic mass is 32.1. The molecule has 0 saturated carbocycles. The van der Waals surface area contributed by atoms with Crippen molar-refractivity contribution in [3.63, 3.8) is 0 Å². The predicted octanol–water partition coefficient (Wildman–Crippen LogP) is 18.3. The first-order valence-electron chi connectivity index (χ1n) is 21.3. The molecule has 14 rings (SSSR count). The molecule has 0 nitrogen and oxygen atoms in total. The van der Waals surface area contributed by atoms with E-state index in [-0.39, 0.29) is 0 Å². The van der Waals surface area contributed by atoms with Gasteiger partial charge in [-0.05, 0) is 140 Å². The fraction of sp³-hybridized carbons (Fsp3) is 0. The van der Waals surface area contributed by atoms with Crippen molar-refractivity contribution in [2.45, 2.75) is 0 Å². The van der Waals surface area contributed by atoms with Gasteiger partial charge in [0, 0.05) is 40.3 Å². The van der Waals surface area contributed by atoms with E-state index >= 15 is 0 Å². The fourth-order valence-corrected chi connectivity index (χ4v) is 12.9. The molecule has 0 unspecified atom stereocenters. The van der Waals surface area contributed by atoms with Gasteiger partial charge < -0.3 is 0 Å². The third-order valence-corrected chi connectivity index (χ3v) is 15.7. The lowest BCUT2D eigenvalue weighted by atomic mass is 9.90. The molecule has 0 saturated heterocycles. The van der Waals surface area contributed by atoms with E-state index in [9.17, 15) is 0 Å². The van der Waals surface area contributed by atoms with Gasteiger partial charge in [0.15, 0.2) is 0 Å². The van der Waals surface area contributed by atoms with Crippen molar-refractivity contribution in [2.75, 3.05) is 0 Å². The Morgan fingerprint density at radius 2 is 0.532 bits per heavy atom. The van der Waals surface area contributed by atoms with Gasteiger partial charge >= 0.3 is 0 Å². The highest BCUT2D eigenvalue weighted by Crippen LogP contribution is 2.45. The number of fused-ring (bicyclic) bond motifs is 18. The van der Waals surface area contributed by atoms with Crippen LogP contribution in [-0.4, -0.2) is 0 Å². The second kappa shape index (κ2) is 13.1. The Bertz CT molecular complexity index is 4160. The van der Waals surface area contributed by atoms with E-state index in [0.29, 0.717) is 0 Å². The highest BCUT2D eigenvalue weighted by molar-refractivity contribution is 7.26. The van der Waals surface area contributed by atoms with Crippen molar-refractivity contribution >= 4 is 128 Å². The SMILES string of the molecule is c1ccc2c(c1)sc1cccc(-c3ccc4c5ccc(-c6ccc7c(c6)sc6cc(-c8ccc9c%10ccccc%10c%10ccccc%10c9c8)ccc67)cc5c5ccccc5c4c3)c12. The van der Waals surface area contributed by atoms with E-state index in [1.54, 1.807) is 0 Å². The van der Waals surface area contributed by atoms with Crippen LogP contribution >= 0.6 is 22.7 Å². The Hall–Kier alpha value is -7.36. The molecule has 0 spiro atoms. The molecule has 2 heterocycles. The summed E-state index contributed by atoms with van der Waals surface area (Å²) in [6.45, 7) is 0. The second-order valence-corrected chi connectivity index (χ2v) is 18.9. The van der Waals surface area contributed by atoms with E-state index in [4.69, 9.17) is 0 Å². The van der Waals surface area contributed by atoms with Crippen LogP contribution in [-0.2, 0) is 0 Å². The molecular weight excluding hydrogens is 785 g/mol. The minimum absolute atomic E-state index is 1.24. The van der Waals surface area contributed by atoms with Crippen LogP contribution in [0, 0.1) is 0 Å². The number of benzene rings is 12. The summed E-state index contributed by atoms with van der Waals surface area (Å²) in [7, 11) is 0.